The van der Waals surface area contributed by atoms with Gasteiger partial charge >= 0.3 is 0 Å². The second-order valence-corrected chi connectivity index (χ2v) is 7.45. The number of aryl methyl sites for hydroxylation is 2. The summed E-state index contributed by atoms with van der Waals surface area (Å²) in [6.45, 7) is 6.78. The summed E-state index contributed by atoms with van der Waals surface area (Å²) < 4.78 is 25.5. The van der Waals surface area contributed by atoms with Crippen molar-refractivity contribution in [2.75, 3.05) is 11.9 Å². The second-order valence-electron chi connectivity index (χ2n) is 7.45. The van der Waals surface area contributed by atoms with Gasteiger partial charge in [-0.25, -0.2) is 4.39 Å². The number of benzene rings is 3. The normalized spacial score (nSPS) is 10.9. The van der Waals surface area contributed by atoms with E-state index in [4.69, 9.17) is 9.47 Å². The molecule has 6 heteroatoms. The topological polar surface area (TPSA) is 71.3 Å². The fourth-order valence-corrected chi connectivity index (χ4v) is 3.12. The van der Waals surface area contributed by atoms with Crippen molar-refractivity contribution in [3.63, 3.8) is 0 Å². The van der Waals surface area contributed by atoms with Crippen molar-refractivity contribution in [2.45, 2.75) is 27.4 Å². The van der Waals surface area contributed by atoms with E-state index < -0.39 is 11.7 Å². The van der Waals surface area contributed by atoms with Gasteiger partial charge in [0.05, 0.1) is 12.3 Å². The summed E-state index contributed by atoms with van der Waals surface area (Å²) >= 11 is 0. The van der Waals surface area contributed by atoms with E-state index in [-0.39, 0.29) is 11.3 Å². The van der Waals surface area contributed by atoms with E-state index in [0.29, 0.717) is 30.3 Å². The third kappa shape index (κ3) is 6.20. The molecule has 0 fully saturated rings. The molecule has 0 saturated carbocycles. The van der Waals surface area contributed by atoms with Crippen molar-refractivity contribution in [3.8, 4) is 17.6 Å². The lowest BCUT2D eigenvalue weighted by molar-refractivity contribution is -0.112. The van der Waals surface area contributed by atoms with Crippen LogP contribution in [0.1, 0.15) is 29.2 Å². The molecule has 1 amide bonds. The molecule has 0 aliphatic rings. The van der Waals surface area contributed by atoms with Gasteiger partial charge in [0.2, 0.25) is 0 Å². The van der Waals surface area contributed by atoms with E-state index in [9.17, 15) is 14.4 Å². The number of carbonyl (C=O) groups is 1. The number of ether oxygens (including phenoxy) is 2. The van der Waals surface area contributed by atoms with Gasteiger partial charge in [-0.3, -0.25) is 4.79 Å². The fraction of sp³-hybridized carbons (Fsp3) is 0.185. The number of halogens is 1. The number of rotatable bonds is 8. The van der Waals surface area contributed by atoms with Crippen molar-refractivity contribution in [3.05, 3.63) is 94.3 Å². The van der Waals surface area contributed by atoms with Gasteiger partial charge < -0.3 is 14.8 Å². The average Bonchev–Trinajstić information content (AvgIpc) is 2.80. The van der Waals surface area contributed by atoms with Crippen LogP contribution in [0, 0.1) is 31.0 Å². The maximum absolute atomic E-state index is 13.8. The summed E-state index contributed by atoms with van der Waals surface area (Å²) in [6, 6.07) is 19.0. The number of nitrogens with zero attached hydrogens (tertiary/aromatic N) is 1. The number of nitrogens with one attached hydrogen (secondary N) is 1. The third-order valence-electron chi connectivity index (χ3n) is 5.03. The van der Waals surface area contributed by atoms with Gasteiger partial charge in [0, 0.05) is 0 Å². The summed E-state index contributed by atoms with van der Waals surface area (Å²) in [6.07, 6.45) is 1.42. The second kappa shape index (κ2) is 11.0. The van der Waals surface area contributed by atoms with E-state index in [1.165, 1.54) is 35.4 Å². The quantitative estimate of drug-likeness (QED) is 0.343. The Morgan fingerprint density at radius 1 is 1.03 bits per heavy atom. The van der Waals surface area contributed by atoms with Crippen molar-refractivity contribution in [1.29, 1.82) is 5.26 Å². The minimum Gasteiger partial charge on any atom is -0.490 e. The molecule has 1 N–H and O–H groups in total. The van der Waals surface area contributed by atoms with Crippen LogP contribution in [0.5, 0.6) is 11.5 Å². The molecule has 0 bridgehead atoms. The zero-order valence-electron chi connectivity index (χ0n) is 18.8. The summed E-state index contributed by atoms with van der Waals surface area (Å²) in [4.78, 5) is 12.5. The standard InChI is InChI=1S/C27H25FN2O3/c1-4-32-26-15-20(11-12-25(26)33-17-21-10-9-18(2)19(3)13-21)14-22(16-29)27(31)30-24-8-6-5-7-23(24)28/h5-15H,4,17H2,1-3H3,(H,30,31)/b22-14+. The first-order valence-corrected chi connectivity index (χ1v) is 10.5. The Kier molecular flexibility index (Phi) is 7.82. The molecule has 0 unspecified atom stereocenters. The SMILES string of the molecule is CCOc1cc(/C=C(\C#N)C(=O)Nc2ccccc2F)ccc1OCc1ccc(C)c(C)c1. The maximum Gasteiger partial charge on any atom is 0.266 e. The van der Waals surface area contributed by atoms with Gasteiger partial charge in [-0.2, -0.15) is 5.26 Å². The molecular formula is C27H25FN2O3. The molecule has 168 valence electrons. The lowest BCUT2D eigenvalue weighted by Crippen LogP contribution is -2.14. The number of para-hydroxylation sites is 1. The first kappa shape index (κ1) is 23.6. The molecule has 0 radical (unpaired) electrons. The van der Waals surface area contributed by atoms with E-state index in [1.807, 2.05) is 19.1 Å². The molecule has 0 saturated heterocycles. The monoisotopic (exact) mass is 444 g/mol. The lowest BCUT2D eigenvalue weighted by Gasteiger charge is -2.13. The molecule has 0 spiro atoms. The molecular weight excluding hydrogens is 419 g/mol. The highest BCUT2D eigenvalue weighted by molar-refractivity contribution is 6.09. The number of hydrogen-bond donors (Lipinski definition) is 1. The zero-order valence-corrected chi connectivity index (χ0v) is 18.8. The van der Waals surface area contributed by atoms with Gasteiger partial charge in [-0.15, -0.1) is 0 Å². The number of nitriles is 1. The molecule has 3 rings (SSSR count). The Morgan fingerprint density at radius 2 is 1.82 bits per heavy atom. The molecule has 0 atom stereocenters. The van der Waals surface area contributed by atoms with Crippen LogP contribution < -0.4 is 14.8 Å². The highest BCUT2D eigenvalue weighted by Crippen LogP contribution is 2.30. The van der Waals surface area contributed by atoms with Crippen LogP contribution in [0.4, 0.5) is 10.1 Å². The Balaban J connectivity index is 1.79. The van der Waals surface area contributed by atoms with E-state index >= 15 is 0 Å². The Bertz CT molecular complexity index is 1230. The van der Waals surface area contributed by atoms with Gasteiger partial charge in [-0.05, 0) is 73.4 Å². The molecule has 0 aromatic heterocycles. The first-order valence-electron chi connectivity index (χ1n) is 10.5. The van der Waals surface area contributed by atoms with Crippen LogP contribution in [0.3, 0.4) is 0 Å². The fourth-order valence-electron chi connectivity index (χ4n) is 3.12. The molecule has 3 aromatic rings. The van der Waals surface area contributed by atoms with Crippen LogP contribution in [0.25, 0.3) is 6.08 Å². The summed E-state index contributed by atoms with van der Waals surface area (Å²) in [5.41, 5.74) is 3.88. The largest absolute Gasteiger partial charge is 0.490 e. The minimum atomic E-state index is -0.698. The van der Waals surface area contributed by atoms with E-state index in [1.54, 1.807) is 24.3 Å². The van der Waals surface area contributed by atoms with Crippen LogP contribution in [-0.4, -0.2) is 12.5 Å². The highest BCUT2D eigenvalue weighted by atomic mass is 19.1. The van der Waals surface area contributed by atoms with Gasteiger partial charge in [0.25, 0.3) is 5.91 Å². The van der Waals surface area contributed by atoms with Gasteiger partial charge in [0.15, 0.2) is 11.5 Å². The highest BCUT2D eigenvalue weighted by Gasteiger charge is 2.13. The molecule has 0 aliphatic carbocycles. The Labute approximate surface area is 193 Å². The van der Waals surface area contributed by atoms with Crippen molar-refractivity contribution < 1.29 is 18.7 Å². The molecule has 5 nitrogen and oxygen atoms in total. The smallest absolute Gasteiger partial charge is 0.266 e. The lowest BCUT2D eigenvalue weighted by atomic mass is 10.1. The Hall–Kier alpha value is -4.11. The average molecular weight is 445 g/mol. The van der Waals surface area contributed by atoms with Crippen LogP contribution >= 0.6 is 0 Å². The van der Waals surface area contributed by atoms with Crippen LogP contribution in [0.2, 0.25) is 0 Å². The van der Waals surface area contributed by atoms with Gasteiger partial charge in [0.1, 0.15) is 24.1 Å². The number of anilines is 1. The predicted octanol–water partition coefficient (Wildman–Crippen LogP) is 5.97. The number of hydrogen-bond acceptors (Lipinski definition) is 4. The van der Waals surface area contributed by atoms with Crippen LogP contribution in [0.15, 0.2) is 66.2 Å². The minimum absolute atomic E-state index is 0.00810. The van der Waals surface area contributed by atoms with Crippen molar-refractivity contribution >= 4 is 17.7 Å². The molecule has 0 aliphatic heterocycles. The molecule has 3 aromatic carbocycles. The third-order valence-corrected chi connectivity index (χ3v) is 5.03. The Morgan fingerprint density at radius 3 is 2.52 bits per heavy atom. The van der Waals surface area contributed by atoms with Crippen molar-refractivity contribution in [1.82, 2.24) is 0 Å². The van der Waals surface area contributed by atoms with E-state index in [2.05, 4.69) is 31.3 Å². The maximum atomic E-state index is 13.8. The number of carbonyl (C=O) groups excluding carboxylic acids is 1. The molecule has 33 heavy (non-hydrogen) atoms. The molecule has 0 heterocycles. The summed E-state index contributed by atoms with van der Waals surface area (Å²) in [5, 5.41) is 11.9. The van der Waals surface area contributed by atoms with Gasteiger partial charge in [-0.1, -0.05) is 36.4 Å². The predicted molar refractivity (Wildman–Crippen MR) is 126 cm³/mol. The number of amides is 1. The first-order chi connectivity index (χ1) is 15.9. The zero-order chi connectivity index (χ0) is 23.8. The van der Waals surface area contributed by atoms with E-state index in [0.717, 1.165) is 5.56 Å². The summed E-state index contributed by atoms with van der Waals surface area (Å²) in [7, 11) is 0. The van der Waals surface area contributed by atoms with Crippen LogP contribution in [-0.2, 0) is 11.4 Å². The summed E-state index contributed by atoms with van der Waals surface area (Å²) in [5.74, 6) is -0.217. The van der Waals surface area contributed by atoms with Crippen molar-refractivity contribution in [2.24, 2.45) is 0 Å².